The molecule has 4 heteroatoms. The molecule has 1 heterocycles. The van der Waals surface area contributed by atoms with E-state index < -0.39 is 8.07 Å². The summed E-state index contributed by atoms with van der Waals surface area (Å²) < 4.78 is 5.68. The van der Waals surface area contributed by atoms with Crippen molar-refractivity contribution in [3.8, 4) is 17.2 Å². The molecule has 2 nitrogen and oxygen atoms in total. The number of hydrogen-bond donors (Lipinski definition) is 1. The summed E-state index contributed by atoms with van der Waals surface area (Å²) in [7, 11) is -1.28. The van der Waals surface area contributed by atoms with Crippen LogP contribution in [0, 0.1) is 11.5 Å². The number of rotatable bonds is 4. The van der Waals surface area contributed by atoms with Crippen LogP contribution in [0.25, 0.3) is 0 Å². The Labute approximate surface area is 109 Å². The largest absolute Gasteiger partial charge is 0.480 e. The summed E-state index contributed by atoms with van der Waals surface area (Å²) in [5.41, 5.74) is 9.08. The first kappa shape index (κ1) is 14.3. The highest BCUT2D eigenvalue weighted by Gasteiger charge is 2.08. The molecule has 0 amide bonds. The van der Waals surface area contributed by atoms with Gasteiger partial charge in [-0.25, -0.2) is 0 Å². The van der Waals surface area contributed by atoms with Gasteiger partial charge in [-0.2, -0.15) is 0 Å². The molecule has 1 unspecified atom stereocenters. The van der Waals surface area contributed by atoms with Crippen molar-refractivity contribution in [2.45, 2.75) is 39.0 Å². The monoisotopic (exact) mass is 267 g/mol. The van der Waals surface area contributed by atoms with Crippen LogP contribution in [0.15, 0.2) is 11.4 Å². The van der Waals surface area contributed by atoms with Gasteiger partial charge >= 0.3 is 0 Å². The van der Waals surface area contributed by atoms with Crippen molar-refractivity contribution in [2.24, 2.45) is 5.73 Å². The lowest BCUT2D eigenvalue weighted by atomic mass is 10.2. The Morgan fingerprint density at radius 2 is 2.18 bits per heavy atom. The van der Waals surface area contributed by atoms with Crippen molar-refractivity contribution < 1.29 is 4.74 Å². The quantitative estimate of drug-likeness (QED) is 0.672. The summed E-state index contributed by atoms with van der Waals surface area (Å²) in [5, 5.41) is 2.04. The Morgan fingerprint density at radius 1 is 1.47 bits per heavy atom. The van der Waals surface area contributed by atoms with E-state index in [0.717, 1.165) is 12.2 Å². The molecule has 94 valence electrons. The minimum atomic E-state index is -1.28. The maximum atomic E-state index is 5.79. The van der Waals surface area contributed by atoms with Crippen molar-refractivity contribution in [1.29, 1.82) is 0 Å². The van der Waals surface area contributed by atoms with E-state index in [0.29, 0.717) is 6.61 Å². The van der Waals surface area contributed by atoms with Crippen molar-refractivity contribution in [2.75, 3.05) is 6.61 Å². The predicted molar refractivity (Wildman–Crippen MR) is 78.3 cm³/mol. The van der Waals surface area contributed by atoms with Gasteiger partial charge < -0.3 is 10.5 Å². The molecule has 2 N–H and O–H groups in total. The Morgan fingerprint density at radius 3 is 2.76 bits per heavy atom. The third-order valence-corrected chi connectivity index (χ3v) is 3.83. The standard InChI is InChI=1S/C13H21NOSSi/c1-11(14)10-13-12(6-8-16-13)15-7-5-9-17(2,3)4/h6,8,11H,7,10,14H2,1-4H3. The first-order chi connectivity index (χ1) is 7.88. The maximum absolute atomic E-state index is 5.79. The summed E-state index contributed by atoms with van der Waals surface area (Å²) in [6.45, 7) is 9.17. The zero-order valence-electron chi connectivity index (χ0n) is 11.0. The van der Waals surface area contributed by atoms with Gasteiger partial charge in [-0.3, -0.25) is 0 Å². The molecule has 17 heavy (non-hydrogen) atoms. The molecule has 1 aromatic heterocycles. The van der Waals surface area contributed by atoms with Gasteiger partial charge in [0.15, 0.2) is 0 Å². The smallest absolute Gasteiger partial charge is 0.148 e. The minimum Gasteiger partial charge on any atom is -0.480 e. The second-order valence-electron chi connectivity index (χ2n) is 5.23. The third-order valence-electron chi connectivity index (χ3n) is 1.98. The average molecular weight is 267 g/mol. The molecule has 0 saturated heterocycles. The van der Waals surface area contributed by atoms with Gasteiger partial charge in [-0.15, -0.1) is 16.9 Å². The molecule has 0 aliphatic heterocycles. The molecule has 0 bridgehead atoms. The van der Waals surface area contributed by atoms with Crippen LogP contribution >= 0.6 is 11.3 Å². The Hall–Kier alpha value is -0.763. The molecule has 1 rings (SSSR count). The van der Waals surface area contributed by atoms with Crippen LogP contribution in [-0.2, 0) is 6.42 Å². The summed E-state index contributed by atoms with van der Waals surface area (Å²) in [6, 6.07) is 2.17. The Balaban J connectivity index is 2.51. The lowest BCUT2D eigenvalue weighted by molar-refractivity contribution is 0.367. The lowest BCUT2D eigenvalue weighted by Gasteiger charge is -2.07. The fraction of sp³-hybridized carbons (Fsp3) is 0.538. The van der Waals surface area contributed by atoms with Crippen LogP contribution in [0.5, 0.6) is 5.75 Å². The summed E-state index contributed by atoms with van der Waals surface area (Å²) in [5.74, 6) is 4.05. The second-order valence-corrected chi connectivity index (χ2v) is 11.0. The van der Waals surface area contributed by atoms with E-state index >= 15 is 0 Å². The first-order valence-electron chi connectivity index (χ1n) is 5.83. The van der Waals surface area contributed by atoms with Crippen LogP contribution in [0.4, 0.5) is 0 Å². The first-order valence-corrected chi connectivity index (χ1v) is 10.2. The van der Waals surface area contributed by atoms with E-state index in [1.54, 1.807) is 11.3 Å². The minimum absolute atomic E-state index is 0.170. The third kappa shape index (κ3) is 5.92. The molecule has 0 aliphatic rings. The van der Waals surface area contributed by atoms with Crippen molar-refractivity contribution in [3.05, 3.63) is 16.3 Å². The normalized spacial score (nSPS) is 12.8. The van der Waals surface area contributed by atoms with E-state index in [2.05, 4.69) is 31.1 Å². The Bertz CT molecular complexity index is 409. The number of nitrogens with two attached hydrogens (primary N) is 1. The molecular formula is C13H21NOSSi. The van der Waals surface area contributed by atoms with Crippen LogP contribution in [0.2, 0.25) is 19.6 Å². The van der Waals surface area contributed by atoms with Crippen molar-refractivity contribution in [3.63, 3.8) is 0 Å². The van der Waals surface area contributed by atoms with Crippen LogP contribution in [0.3, 0.4) is 0 Å². The topological polar surface area (TPSA) is 35.2 Å². The fourth-order valence-corrected chi connectivity index (χ4v) is 2.87. The van der Waals surface area contributed by atoms with Gasteiger partial charge in [0.2, 0.25) is 0 Å². The molecule has 0 aromatic carbocycles. The highest BCUT2D eigenvalue weighted by Crippen LogP contribution is 2.25. The average Bonchev–Trinajstić information content (AvgIpc) is 2.58. The molecular weight excluding hydrogens is 246 g/mol. The predicted octanol–water partition coefficient (Wildman–Crippen LogP) is 2.90. The van der Waals surface area contributed by atoms with E-state index in [9.17, 15) is 0 Å². The van der Waals surface area contributed by atoms with E-state index in [4.69, 9.17) is 10.5 Å². The van der Waals surface area contributed by atoms with E-state index in [1.165, 1.54) is 4.88 Å². The highest BCUT2D eigenvalue weighted by atomic mass is 32.1. The van der Waals surface area contributed by atoms with Gasteiger partial charge in [0.05, 0.1) is 0 Å². The van der Waals surface area contributed by atoms with Gasteiger partial charge in [0.25, 0.3) is 0 Å². The summed E-state index contributed by atoms with van der Waals surface area (Å²) in [4.78, 5) is 1.22. The number of thiophene rings is 1. The SMILES string of the molecule is CC(N)Cc1sccc1OCC#C[Si](C)(C)C. The van der Waals surface area contributed by atoms with Gasteiger partial charge in [0, 0.05) is 17.3 Å². The van der Waals surface area contributed by atoms with E-state index in [-0.39, 0.29) is 6.04 Å². The van der Waals surface area contributed by atoms with Crippen LogP contribution in [0.1, 0.15) is 11.8 Å². The summed E-state index contributed by atoms with van der Waals surface area (Å²) in [6.07, 6.45) is 0.869. The van der Waals surface area contributed by atoms with Crippen LogP contribution < -0.4 is 10.5 Å². The lowest BCUT2D eigenvalue weighted by Crippen LogP contribution is -2.18. The molecule has 0 saturated carbocycles. The number of ether oxygens (including phenoxy) is 1. The molecule has 1 atom stereocenters. The van der Waals surface area contributed by atoms with Gasteiger partial charge in [0.1, 0.15) is 20.4 Å². The van der Waals surface area contributed by atoms with E-state index in [1.807, 2.05) is 18.4 Å². The Kier molecular flexibility index (Phi) is 5.25. The van der Waals surface area contributed by atoms with Crippen molar-refractivity contribution >= 4 is 19.4 Å². The molecule has 0 radical (unpaired) electrons. The van der Waals surface area contributed by atoms with Crippen LogP contribution in [-0.4, -0.2) is 20.7 Å². The fourth-order valence-electron chi connectivity index (χ4n) is 1.31. The maximum Gasteiger partial charge on any atom is 0.148 e. The summed E-state index contributed by atoms with van der Waals surface area (Å²) >= 11 is 1.70. The molecule has 1 aromatic rings. The van der Waals surface area contributed by atoms with Gasteiger partial charge in [-0.05, 0) is 18.4 Å². The van der Waals surface area contributed by atoms with Crippen molar-refractivity contribution in [1.82, 2.24) is 0 Å². The molecule has 0 fully saturated rings. The zero-order chi connectivity index (χ0) is 12.9. The number of hydrogen-bond acceptors (Lipinski definition) is 3. The zero-order valence-corrected chi connectivity index (χ0v) is 12.9. The highest BCUT2D eigenvalue weighted by molar-refractivity contribution is 7.10. The van der Waals surface area contributed by atoms with Gasteiger partial charge in [-0.1, -0.05) is 25.6 Å². The second kappa shape index (κ2) is 6.25. The molecule has 0 aliphatic carbocycles. The molecule has 0 spiro atoms.